The van der Waals surface area contributed by atoms with Gasteiger partial charge < -0.3 is 26.1 Å². The van der Waals surface area contributed by atoms with Crippen LogP contribution in [0.15, 0.2) is 48.8 Å². The van der Waals surface area contributed by atoms with Crippen LogP contribution in [0.1, 0.15) is 34.1 Å². The number of anilines is 1. The topological polar surface area (TPSA) is 105 Å². The van der Waals surface area contributed by atoms with Gasteiger partial charge in [0, 0.05) is 36.1 Å². The largest absolute Gasteiger partial charge is 0.378 e. The number of hydrogen-bond acceptors (Lipinski definition) is 5. The van der Waals surface area contributed by atoms with Crippen LogP contribution in [0.2, 0.25) is 5.02 Å². The van der Waals surface area contributed by atoms with Gasteiger partial charge >= 0.3 is 0 Å². The number of nitrogens with one attached hydrogen (secondary N) is 3. The number of rotatable bonds is 7. The second-order valence-corrected chi connectivity index (χ2v) is 8.57. The number of alkyl halides is 1. The number of nitrogens with zero attached hydrogens (tertiary/aromatic N) is 1. The first-order valence-electron chi connectivity index (χ1n) is 10.8. The predicted molar refractivity (Wildman–Crippen MR) is 127 cm³/mol. The number of H-pyrrole nitrogens is 1. The molecule has 0 radical (unpaired) electrons. The molecule has 1 saturated heterocycles. The van der Waals surface area contributed by atoms with Crippen LogP contribution in [0.25, 0.3) is 11.1 Å². The molecule has 0 unspecified atom stereocenters. The average Bonchev–Trinajstić information content (AvgIpc) is 3.30. The smallest absolute Gasteiger partial charge is 0.268 e. The highest BCUT2D eigenvalue weighted by Crippen LogP contribution is 2.27. The Bertz CT molecular complexity index is 1120. The number of pyridine rings is 1. The number of nitrogens with two attached hydrogens (primary N) is 1. The van der Waals surface area contributed by atoms with E-state index in [9.17, 15) is 9.18 Å². The number of ether oxygens (including phenoxy) is 1. The number of aryl methyl sites for hydroxylation is 1. The van der Waals surface area contributed by atoms with E-state index < -0.39 is 6.17 Å². The quantitative estimate of drug-likeness (QED) is 0.416. The fraction of sp³-hybridized carbons (Fsp3) is 0.333. The number of carbonyl (C=O) groups excluding carboxylic acids is 1. The molecule has 3 aromatic rings. The molecule has 2 aromatic heterocycles. The summed E-state index contributed by atoms with van der Waals surface area (Å²) >= 11 is 6.07. The van der Waals surface area contributed by atoms with Gasteiger partial charge in [0.15, 0.2) is 0 Å². The number of benzene rings is 1. The Balaban J connectivity index is 1.49. The molecule has 1 aliphatic heterocycles. The molecular weight excluding hydrogens is 445 g/mol. The molecule has 4 rings (SSSR count). The first-order valence-corrected chi connectivity index (χ1v) is 11.2. The van der Waals surface area contributed by atoms with Crippen LogP contribution in [-0.2, 0) is 4.74 Å². The Kier molecular flexibility index (Phi) is 7.27. The van der Waals surface area contributed by atoms with Crippen LogP contribution in [0.3, 0.4) is 0 Å². The molecule has 174 valence electrons. The van der Waals surface area contributed by atoms with Crippen molar-refractivity contribution in [1.82, 2.24) is 15.3 Å². The first kappa shape index (κ1) is 23.2. The number of aromatic amines is 1. The van der Waals surface area contributed by atoms with E-state index in [4.69, 9.17) is 22.1 Å². The van der Waals surface area contributed by atoms with Crippen LogP contribution < -0.4 is 16.4 Å². The van der Waals surface area contributed by atoms with Crippen molar-refractivity contribution in [2.24, 2.45) is 5.73 Å². The Hall–Kier alpha value is -2.94. The zero-order valence-electron chi connectivity index (χ0n) is 18.3. The third-order valence-corrected chi connectivity index (χ3v) is 5.99. The van der Waals surface area contributed by atoms with Crippen molar-refractivity contribution in [3.05, 3.63) is 70.6 Å². The molecule has 0 bridgehead atoms. The highest BCUT2D eigenvalue weighted by atomic mass is 35.5. The van der Waals surface area contributed by atoms with E-state index in [1.54, 1.807) is 30.6 Å². The third kappa shape index (κ3) is 5.52. The summed E-state index contributed by atoms with van der Waals surface area (Å²) in [5, 5.41) is 6.70. The highest BCUT2D eigenvalue weighted by Gasteiger charge is 2.26. The van der Waals surface area contributed by atoms with Gasteiger partial charge in [-0.05, 0) is 54.3 Å². The van der Waals surface area contributed by atoms with E-state index in [2.05, 4.69) is 20.6 Å². The fourth-order valence-corrected chi connectivity index (χ4v) is 4.09. The van der Waals surface area contributed by atoms with Gasteiger partial charge in [0.2, 0.25) is 0 Å². The molecule has 1 aromatic carbocycles. The standard InChI is InChI=1S/C24H27ClFN5O2/c1-14-11-29-23(30-20-5-6-33-13-19(20)26)9-18(14)16-8-21(28-12-16)24(32)31-22(10-27)15-3-2-4-17(25)7-15/h2-4,7-9,11-12,19-20,22,28H,5-6,10,13,27H2,1H3,(H,29,30)(H,31,32)/t19-,20+,22+/m0/s1. The Labute approximate surface area is 196 Å². The maximum atomic E-state index is 14.1. The van der Waals surface area contributed by atoms with Crippen molar-refractivity contribution in [3.8, 4) is 11.1 Å². The minimum absolute atomic E-state index is 0.0889. The minimum Gasteiger partial charge on any atom is -0.378 e. The molecule has 0 aliphatic carbocycles. The summed E-state index contributed by atoms with van der Waals surface area (Å²) in [7, 11) is 0. The van der Waals surface area contributed by atoms with Gasteiger partial charge in [-0.3, -0.25) is 4.79 Å². The monoisotopic (exact) mass is 471 g/mol. The molecule has 3 heterocycles. The van der Waals surface area contributed by atoms with Gasteiger partial charge in [0.1, 0.15) is 17.7 Å². The SMILES string of the molecule is Cc1cnc(N[C@@H]2CCOC[C@@H]2F)cc1-c1c[nH]c(C(=O)N[C@H](CN)c2cccc(Cl)c2)c1. The number of carbonyl (C=O) groups is 1. The van der Waals surface area contributed by atoms with Gasteiger partial charge in [-0.2, -0.15) is 0 Å². The lowest BCUT2D eigenvalue weighted by Gasteiger charge is -2.27. The van der Waals surface area contributed by atoms with Crippen LogP contribution in [0, 0.1) is 6.92 Å². The molecule has 5 N–H and O–H groups in total. The molecule has 1 aliphatic rings. The molecule has 1 amide bonds. The first-order chi connectivity index (χ1) is 15.9. The molecule has 7 nitrogen and oxygen atoms in total. The molecule has 33 heavy (non-hydrogen) atoms. The lowest BCUT2D eigenvalue weighted by atomic mass is 10.0. The van der Waals surface area contributed by atoms with Gasteiger partial charge in [-0.1, -0.05) is 23.7 Å². The van der Waals surface area contributed by atoms with Crippen molar-refractivity contribution >= 4 is 23.3 Å². The highest BCUT2D eigenvalue weighted by molar-refractivity contribution is 6.30. The summed E-state index contributed by atoms with van der Waals surface area (Å²) in [6.45, 7) is 2.78. The maximum absolute atomic E-state index is 14.1. The minimum atomic E-state index is -1.08. The molecule has 1 fully saturated rings. The number of amides is 1. The van der Waals surface area contributed by atoms with E-state index in [1.165, 1.54) is 0 Å². The molecular formula is C24H27ClFN5O2. The van der Waals surface area contributed by atoms with Crippen molar-refractivity contribution in [3.63, 3.8) is 0 Å². The third-order valence-electron chi connectivity index (χ3n) is 5.75. The maximum Gasteiger partial charge on any atom is 0.268 e. The molecule has 0 spiro atoms. The van der Waals surface area contributed by atoms with Crippen molar-refractivity contribution in [1.29, 1.82) is 0 Å². The van der Waals surface area contributed by atoms with Crippen LogP contribution in [0.5, 0.6) is 0 Å². The summed E-state index contributed by atoms with van der Waals surface area (Å²) < 4.78 is 19.3. The predicted octanol–water partition coefficient (Wildman–Crippen LogP) is 4.01. The van der Waals surface area contributed by atoms with Gasteiger partial charge in [-0.15, -0.1) is 0 Å². The number of aromatic nitrogens is 2. The van der Waals surface area contributed by atoms with Crippen LogP contribution >= 0.6 is 11.6 Å². The molecule has 9 heteroatoms. The molecule has 3 atom stereocenters. The summed E-state index contributed by atoms with van der Waals surface area (Å²) in [5.41, 5.74) is 9.80. The lowest BCUT2D eigenvalue weighted by molar-refractivity contribution is 0.0285. The van der Waals surface area contributed by atoms with E-state index in [0.717, 1.165) is 22.3 Å². The Morgan fingerprint density at radius 1 is 1.39 bits per heavy atom. The second-order valence-electron chi connectivity index (χ2n) is 8.13. The second kappa shape index (κ2) is 10.3. The summed E-state index contributed by atoms with van der Waals surface area (Å²) in [6.07, 6.45) is 3.00. The van der Waals surface area contributed by atoms with Crippen LogP contribution in [0.4, 0.5) is 10.2 Å². The van der Waals surface area contributed by atoms with Crippen molar-refractivity contribution < 1.29 is 13.9 Å². The summed E-state index contributed by atoms with van der Waals surface area (Å²) in [5.74, 6) is 0.311. The van der Waals surface area contributed by atoms with Crippen molar-refractivity contribution in [2.75, 3.05) is 25.1 Å². The zero-order chi connectivity index (χ0) is 23.4. The summed E-state index contributed by atoms with van der Waals surface area (Å²) in [4.78, 5) is 20.3. The fourth-order valence-electron chi connectivity index (χ4n) is 3.89. The van der Waals surface area contributed by atoms with E-state index in [0.29, 0.717) is 29.6 Å². The van der Waals surface area contributed by atoms with Gasteiger partial charge in [0.25, 0.3) is 5.91 Å². The molecule has 0 saturated carbocycles. The number of hydrogen-bond donors (Lipinski definition) is 4. The van der Waals surface area contributed by atoms with Gasteiger partial charge in [0.05, 0.1) is 18.7 Å². The number of halogens is 2. The lowest BCUT2D eigenvalue weighted by Crippen LogP contribution is -2.39. The van der Waals surface area contributed by atoms with Crippen LogP contribution in [-0.4, -0.2) is 47.8 Å². The Morgan fingerprint density at radius 3 is 3.00 bits per heavy atom. The van der Waals surface area contributed by atoms with E-state index in [1.807, 2.05) is 25.1 Å². The zero-order valence-corrected chi connectivity index (χ0v) is 19.0. The normalized spacial score (nSPS) is 19.2. The Morgan fingerprint density at radius 2 is 2.24 bits per heavy atom. The van der Waals surface area contributed by atoms with Crippen molar-refractivity contribution in [2.45, 2.75) is 31.6 Å². The van der Waals surface area contributed by atoms with Gasteiger partial charge in [-0.25, -0.2) is 9.37 Å². The van der Waals surface area contributed by atoms with E-state index in [-0.39, 0.29) is 31.1 Å². The average molecular weight is 472 g/mol. The summed E-state index contributed by atoms with van der Waals surface area (Å²) in [6, 6.07) is 10.2. The van der Waals surface area contributed by atoms with E-state index >= 15 is 0 Å².